The van der Waals surface area contributed by atoms with Crippen LogP contribution in [0.3, 0.4) is 0 Å². The molecule has 0 aromatic heterocycles. The van der Waals surface area contributed by atoms with Crippen molar-refractivity contribution in [2.45, 2.75) is 33.6 Å². The molecule has 0 aliphatic carbocycles. The summed E-state index contributed by atoms with van der Waals surface area (Å²) >= 11 is 0. The second-order valence-electron chi connectivity index (χ2n) is 3.79. The van der Waals surface area contributed by atoms with Crippen LogP contribution in [0.1, 0.15) is 33.6 Å². The number of hydrogen-bond donors (Lipinski definition) is 0. The molecule has 0 saturated carbocycles. The van der Waals surface area contributed by atoms with Gasteiger partial charge >= 0.3 is 0 Å². The highest BCUT2D eigenvalue weighted by atomic mass is 16.2. The molecule has 0 heterocycles. The lowest BCUT2D eigenvalue weighted by atomic mass is 10.1. The molecule has 0 radical (unpaired) electrons. The molecule has 0 aromatic rings. The second-order valence-corrected chi connectivity index (χ2v) is 3.79. The molecular weight excluding hydrogens is 180 g/mol. The van der Waals surface area contributed by atoms with Crippen LogP contribution in [0, 0.1) is 5.92 Å². The zero-order valence-corrected chi connectivity index (χ0v) is 9.70. The Bertz CT molecular complexity index is 214. The predicted octanol–water partition coefficient (Wildman–Crippen LogP) is 1.27. The normalized spacial score (nSPS) is 10.1. The Morgan fingerprint density at radius 2 is 1.50 bits per heavy atom. The lowest BCUT2D eigenvalue weighted by Gasteiger charge is -2.28. The molecule has 0 atom stereocenters. The predicted molar refractivity (Wildman–Crippen MR) is 55.3 cm³/mol. The Hall–Kier alpha value is -1.06. The van der Waals surface area contributed by atoms with Crippen molar-refractivity contribution in [1.29, 1.82) is 0 Å². The van der Waals surface area contributed by atoms with E-state index >= 15 is 0 Å². The minimum atomic E-state index is -0.0513. The third kappa shape index (κ3) is 3.77. The molecule has 0 aromatic carbocycles. The van der Waals surface area contributed by atoms with Crippen LogP contribution >= 0.6 is 0 Å². The summed E-state index contributed by atoms with van der Waals surface area (Å²) in [6.07, 6.45) is 0.883. The van der Waals surface area contributed by atoms with Crippen molar-refractivity contribution in [2.24, 2.45) is 5.92 Å². The lowest BCUT2D eigenvalue weighted by Crippen LogP contribution is -2.44. The maximum absolute atomic E-state index is 11.5. The van der Waals surface area contributed by atoms with Gasteiger partial charge in [0.25, 0.3) is 0 Å². The van der Waals surface area contributed by atoms with E-state index in [9.17, 15) is 9.59 Å². The van der Waals surface area contributed by atoms with Crippen molar-refractivity contribution in [3.63, 3.8) is 0 Å². The standard InChI is InChI=1S/C10H20N2O2/c1-6-9(13)11(4)12(5)10(14)7-8(2)3/h8H,6-7H2,1-5H3. The molecule has 4 nitrogen and oxygen atoms in total. The van der Waals surface area contributed by atoms with Crippen LogP contribution in [0.5, 0.6) is 0 Å². The fourth-order valence-corrected chi connectivity index (χ4v) is 1.04. The Balaban J connectivity index is 4.24. The molecule has 0 saturated heterocycles. The molecule has 0 bridgehead atoms. The maximum atomic E-state index is 11.5. The lowest BCUT2D eigenvalue weighted by molar-refractivity contribution is -0.158. The molecule has 0 rings (SSSR count). The molecule has 2 amide bonds. The number of nitrogens with zero attached hydrogens (tertiary/aromatic N) is 2. The summed E-state index contributed by atoms with van der Waals surface area (Å²) in [6, 6.07) is 0. The number of rotatable bonds is 3. The minimum absolute atomic E-state index is 0.0238. The highest BCUT2D eigenvalue weighted by Crippen LogP contribution is 2.05. The third-order valence-electron chi connectivity index (χ3n) is 2.06. The minimum Gasteiger partial charge on any atom is -0.273 e. The first-order chi connectivity index (χ1) is 6.40. The van der Waals surface area contributed by atoms with Crippen LogP contribution in [0.4, 0.5) is 0 Å². The van der Waals surface area contributed by atoms with Crippen LogP contribution in [0.2, 0.25) is 0 Å². The van der Waals surface area contributed by atoms with Crippen molar-refractivity contribution in [3.05, 3.63) is 0 Å². The first-order valence-electron chi connectivity index (χ1n) is 4.93. The van der Waals surface area contributed by atoms with Gasteiger partial charge in [-0.1, -0.05) is 20.8 Å². The molecule has 82 valence electrons. The van der Waals surface area contributed by atoms with Crippen LogP contribution in [-0.4, -0.2) is 35.9 Å². The highest BCUT2D eigenvalue weighted by molar-refractivity contribution is 5.81. The van der Waals surface area contributed by atoms with Gasteiger partial charge in [-0.25, -0.2) is 0 Å². The number of amides is 2. The summed E-state index contributed by atoms with van der Waals surface area (Å²) in [5, 5.41) is 2.75. The van der Waals surface area contributed by atoms with E-state index in [0.29, 0.717) is 18.8 Å². The maximum Gasteiger partial charge on any atom is 0.241 e. The summed E-state index contributed by atoms with van der Waals surface area (Å²) in [5.74, 6) is 0.240. The summed E-state index contributed by atoms with van der Waals surface area (Å²) in [6.45, 7) is 5.74. The van der Waals surface area contributed by atoms with Gasteiger partial charge in [0.15, 0.2) is 0 Å². The molecule has 0 aliphatic rings. The average molecular weight is 200 g/mol. The van der Waals surface area contributed by atoms with E-state index in [2.05, 4.69) is 0 Å². The van der Waals surface area contributed by atoms with Crippen LogP contribution < -0.4 is 0 Å². The van der Waals surface area contributed by atoms with E-state index in [1.165, 1.54) is 10.0 Å². The van der Waals surface area contributed by atoms with Gasteiger partial charge in [0.05, 0.1) is 0 Å². The van der Waals surface area contributed by atoms with Crippen molar-refractivity contribution < 1.29 is 9.59 Å². The zero-order chi connectivity index (χ0) is 11.3. The number of carbonyl (C=O) groups is 2. The van der Waals surface area contributed by atoms with Gasteiger partial charge in [0, 0.05) is 26.9 Å². The smallest absolute Gasteiger partial charge is 0.241 e. The monoisotopic (exact) mass is 200 g/mol. The molecule has 0 spiro atoms. The zero-order valence-electron chi connectivity index (χ0n) is 9.70. The van der Waals surface area contributed by atoms with Gasteiger partial charge in [-0.2, -0.15) is 0 Å². The molecule has 0 fully saturated rings. The number of carbonyl (C=O) groups excluding carboxylic acids is 2. The van der Waals surface area contributed by atoms with Crippen LogP contribution in [-0.2, 0) is 9.59 Å². The SMILES string of the molecule is CCC(=O)N(C)N(C)C(=O)CC(C)C. The molecule has 0 aliphatic heterocycles. The second kappa shape index (κ2) is 5.62. The fraction of sp³-hybridized carbons (Fsp3) is 0.800. The van der Waals surface area contributed by atoms with Gasteiger partial charge in [-0.3, -0.25) is 19.6 Å². The third-order valence-corrected chi connectivity index (χ3v) is 2.06. The Labute approximate surface area is 85.8 Å². The number of hydrazine groups is 1. The van der Waals surface area contributed by atoms with Crippen molar-refractivity contribution in [1.82, 2.24) is 10.0 Å². The molecule has 0 unspecified atom stereocenters. The topological polar surface area (TPSA) is 40.6 Å². The summed E-state index contributed by atoms with van der Waals surface area (Å²) in [4.78, 5) is 22.8. The van der Waals surface area contributed by atoms with E-state index < -0.39 is 0 Å². The van der Waals surface area contributed by atoms with Crippen LogP contribution in [0.25, 0.3) is 0 Å². The first-order valence-corrected chi connectivity index (χ1v) is 4.93. The first kappa shape index (κ1) is 12.9. The van der Waals surface area contributed by atoms with Gasteiger partial charge in [-0.15, -0.1) is 0 Å². The van der Waals surface area contributed by atoms with Crippen molar-refractivity contribution in [3.8, 4) is 0 Å². The summed E-state index contributed by atoms with van der Waals surface area (Å²) in [5.41, 5.74) is 0. The van der Waals surface area contributed by atoms with Gasteiger partial charge < -0.3 is 0 Å². The van der Waals surface area contributed by atoms with E-state index in [0.717, 1.165) is 0 Å². The average Bonchev–Trinajstić information content (AvgIpc) is 2.13. The quantitative estimate of drug-likeness (QED) is 0.644. The molecule has 4 heteroatoms. The van der Waals surface area contributed by atoms with E-state index in [-0.39, 0.29) is 11.8 Å². The van der Waals surface area contributed by atoms with E-state index in [1.54, 1.807) is 21.0 Å². The fourth-order valence-electron chi connectivity index (χ4n) is 1.04. The van der Waals surface area contributed by atoms with Crippen LogP contribution in [0.15, 0.2) is 0 Å². The molecular formula is C10H20N2O2. The Morgan fingerprint density at radius 3 is 1.86 bits per heavy atom. The van der Waals surface area contributed by atoms with Gasteiger partial charge in [0.2, 0.25) is 11.8 Å². The number of hydrogen-bond acceptors (Lipinski definition) is 2. The summed E-state index contributed by atoms with van der Waals surface area (Å²) < 4.78 is 0. The molecule has 14 heavy (non-hydrogen) atoms. The van der Waals surface area contributed by atoms with E-state index in [4.69, 9.17) is 0 Å². The van der Waals surface area contributed by atoms with Crippen molar-refractivity contribution >= 4 is 11.8 Å². The summed E-state index contributed by atoms with van der Waals surface area (Å²) in [7, 11) is 3.24. The Morgan fingerprint density at radius 1 is 1.07 bits per heavy atom. The Kier molecular flexibility index (Phi) is 5.20. The van der Waals surface area contributed by atoms with E-state index in [1.807, 2.05) is 13.8 Å². The largest absolute Gasteiger partial charge is 0.273 e. The van der Waals surface area contributed by atoms with Crippen molar-refractivity contribution in [2.75, 3.05) is 14.1 Å². The van der Waals surface area contributed by atoms with Gasteiger partial charge in [-0.05, 0) is 5.92 Å². The van der Waals surface area contributed by atoms with Gasteiger partial charge in [0.1, 0.15) is 0 Å². The highest BCUT2D eigenvalue weighted by Gasteiger charge is 2.17. The molecule has 0 N–H and O–H groups in total.